The molecule has 70 heavy (non-hydrogen) atoms. The largest absolute Gasteiger partial charge is 0.462 e. The highest BCUT2D eigenvalue weighted by Gasteiger charge is 2.19. The molecule has 0 unspecified atom stereocenters. The first-order valence-corrected chi connectivity index (χ1v) is 29.2. The molecule has 0 saturated heterocycles. The highest BCUT2D eigenvalue weighted by molar-refractivity contribution is 5.71. The fourth-order valence-electron chi connectivity index (χ4n) is 7.89. The Hall–Kier alpha value is -3.67. The molecule has 0 saturated carbocycles. The van der Waals surface area contributed by atoms with E-state index < -0.39 is 6.10 Å². The molecule has 0 rings (SSSR count). The molecule has 0 aromatic heterocycles. The molecule has 0 N–H and O–H groups in total. The van der Waals surface area contributed by atoms with E-state index in [1.54, 1.807) is 0 Å². The van der Waals surface area contributed by atoms with E-state index in [2.05, 4.69) is 118 Å². The van der Waals surface area contributed by atoms with Gasteiger partial charge < -0.3 is 14.2 Å². The monoisotopic (exact) mass is 973 g/mol. The number of allylic oxidation sites excluding steroid dienone is 16. The second-order valence-electron chi connectivity index (χ2n) is 19.2. The SMILES string of the molecule is CC/C=C\C/C=C\C/C=C\C/C=C\C/C=C\CCCCCC(=O)OC[C@@H](COC(=O)CCCCCCC/C=C\C/C=C\CCCC)OC(=O)CCCCCCCCCCC/C=C\CCCCCCCC. The lowest BCUT2D eigenvalue weighted by atomic mass is 10.1. The third-order valence-corrected chi connectivity index (χ3v) is 12.3. The number of carbonyl (C=O) groups is 3. The maximum absolute atomic E-state index is 12.9. The van der Waals surface area contributed by atoms with Gasteiger partial charge in [-0.25, -0.2) is 0 Å². The fourth-order valence-corrected chi connectivity index (χ4v) is 7.89. The highest BCUT2D eigenvalue weighted by atomic mass is 16.6. The van der Waals surface area contributed by atoms with Crippen LogP contribution in [-0.4, -0.2) is 37.2 Å². The first-order chi connectivity index (χ1) is 34.5. The Balaban J connectivity index is 4.45. The van der Waals surface area contributed by atoms with E-state index >= 15 is 0 Å². The van der Waals surface area contributed by atoms with Gasteiger partial charge in [0.15, 0.2) is 6.10 Å². The molecule has 0 spiro atoms. The number of rotatable bonds is 52. The number of ether oxygens (including phenoxy) is 3. The van der Waals surface area contributed by atoms with Crippen molar-refractivity contribution >= 4 is 17.9 Å². The molecule has 0 aliphatic rings. The van der Waals surface area contributed by atoms with Gasteiger partial charge in [-0.05, 0) is 116 Å². The predicted octanol–water partition coefficient (Wildman–Crippen LogP) is 19.7. The summed E-state index contributed by atoms with van der Waals surface area (Å²) in [6.45, 7) is 6.45. The fraction of sp³-hybridized carbons (Fsp3) is 0.703. The van der Waals surface area contributed by atoms with E-state index in [1.807, 2.05) is 0 Å². The summed E-state index contributed by atoms with van der Waals surface area (Å²) in [5.41, 5.74) is 0. The van der Waals surface area contributed by atoms with Gasteiger partial charge in [0, 0.05) is 19.3 Å². The zero-order chi connectivity index (χ0) is 50.7. The van der Waals surface area contributed by atoms with E-state index in [-0.39, 0.29) is 31.1 Å². The lowest BCUT2D eigenvalue weighted by Gasteiger charge is -2.18. The van der Waals surface area contributed by atoms with Crippen LogP contribution in [0, 0.1) is 0 Å². The van der Waals surface area contributed by atoms with Crippen molar-refractivity contribution < 1.29 is 28.6 Å². The second kappa shape index (κ2) is 57.9. The van der Waals surface area contributed by atoms with Crippen LogP contribution >= 0.6 is 0 Å². The molecule has 0 fully saturated rings. The van der Waals surface area contributed by atoms with Gasteiger partial charge >= 0.3 is 17.9 Å². The van der Waals surface area contributed by atoms with Crippen LogP contribution in [-0.2, 0) is 28.6 Å². The molecule has 0 aliphatic heterocycles. The normalized spacial score (nSPS) is 12.8. The standard InChI is InChI=1S/C64H108O6/c1-4-7-10-13-16-19-22-25-28-30-32-34-36-39-42-45-48-51-54-57-63(66)69-60-61(59-68-62(65)56-53-50-47-44-41-38-27-24-21-18-15-12-9-6-3)70-64(67)58-55-52-49-46-43-40-37-35-33-31-29-26-23-20-17-14-11-8-5-2/h7,10,15-16,18-19,24-29,32,34,39,42,61H,4-6,8-9,11-14,17,20-23,30-31,33,35-38,40-41,43-60H2,1-3H3/b10-7-,18-15-,19-16-,27-24-,28-25-,29-26-,34-32-,42-39-/t61-/m1/s1. The number of hydrogen-bond acceptors (Lipinski definition) is 6. The van der Waals surface area contributed by atoms with Crippen LogP contribution in [0.3, 0.4) is 0 Å². The topological polar surface area (TPSA) is 78.9 Å². The zero-order valence-corrected chi connectivity index (χ0v) is 45.8. The van der Waals surface area contributed by atoms with Crippen LogP contribution in [0.5, 0.6) is 0 Å². The Morgan fingerprint density at radius 2 is 0.571 bits per heavy atom. The highest BCUT2D eigenvalue weighted by Crippen LogP contribution is 2.15. The lowest BCUT2D eigenvalue weighted by Crippen LogP contribution is -2.30. The van der Waals surface area contributed by atoms with Gasteiger partial charge in [-0.3, -0.25) is 14.4 Å². The molecular formula is C64H108O6. The Bertz CT molecular complexity index is 1400. The minimum Gasteiger partial charge on any atom is -0.462 e. The Labute approximate surface area is 432 Å². The summed E-state index contributed by atoms with van der Waals surface area (Å²) in [4.78, 5) is 38.2. The average molecular weight is 974 g/mol. The van der Waals surface area contributed by atoms with E-state index in [1.165, 1.54) is 109 Å². The van der Waals surface area contributed by atoms with Crippen LogP contribution in [0.1, 0.15) is 271 Å². The first-order valence-electron chi connectivity index (χ1n) is 29.2. The van der Waals surface area contributed by atoms with E-state index in [4.69, 9.17) is 14.2 Å². The minimum atomic E-state index is -0.800. The summed E-state index contributed by atoms with van der Waals surface area (Å²) in [6.07, 6.45) is 76.8. The third-order valence-electron chi connectivity index (χ3n) is 12.3. The number of carbonyl (C=O) groups excluding carboxylic acids is 3. The third kappa shape index (κ3) is 55.3. The summed E-state index contributed by atoms with van der Waals surface area (Å²) in [6, 6.07) is 0. The van der Waals surface area contributed by atoms with Crippen LogP contribution < -0.4 is 0 Å². The summed E-state index contributed by atoms with van der Waals surface area (Å²) in [7, 11) is 0. The molecule has 0 aromatic rings. The molecule has 6 nitrogen and oxygen atoms in total. The average Bonchev–Trinajstić information content (AvgIpc) is 3.36. The molecule has 6 heteroatoms. The number of esters is 3. The first kappa shape index (κ1) is 66.3. The van der Waals surface area contributed by atoms with Crippen molar-refractivity contribution in [3.05, 3.63) is 97.2 Å². The van der Waals surface area contributed by atoms with Gasteiger partial charge in [0.25, 0.3) is 0 Å². The summed E-state index contributed by atoms with van der Waals surface area (Å²) in [5.74, 6) is -0.940. The van der Waals surface area contributed by atoms with Gasteiger partial charge in [-0.2, -0.15) is 0 Å². The van der Waals surface area contributed by atoms with Gasteiger partial charge in [0.1, 0.15) is 13.2 Å². The quantitative estimate of drug-likeness (QED) is 0.0262. The molecule has 0 aromatic carbocycles. The Morgan fingerprint density at radius 1 is 0.300 bits per heavy atom. The summed E-state index contributed by atoms with van der Waals surface area (Å²) < 4.78 is 16.8. The van der Waals surface area contributed by atoms with Gasteiger partial charge in [-0.15, -0.1) is 0 Å². The molecule has 0 bridgehead atoms. The number of hydrogen-bond donors (Lipinski definition) is 0. The second-order valence-corrected chi connectivity index (χ2v) is 19.2. The van der Waals surface area contributed by atoms with Crippen molar-refractivity contribution in [3.8, 4) is 0 Å². The molecule has 0 radical (unpaired) electrons. The lowest BCUT2D eigenvalue weighted by molar-refractivity contribution is -0.167. The Kier molecular flexibility index (Phi) is 54.9. The molecule has 0 heterocycles. The maximum atomic E-state index is 12.9. The maximum Gasteiger partial charge on any atom is 0.306 e. The van der Waals surface area contributed by atoms with E-state index in [0.717, 1.165) is 122 Å². The number of unbranched alkanes of at least 4 members (excludes halogenated alkanes) is 25. The van der Waals surface area contributed by atoms with Crippen molar-refractivity contribution in [1.82, 2.24) is 0 Å². The van der Waals surface area contributed by atoms with Crippen molar-refractivity contribution in [3.63, 3.8) is 0 Å². The van der Waals surface area contributed by atoms with Crippen molar-refractivity contribution in [2.75, 3.05) is 13.2 Å². The molecular weight excluding hydrogens is 865 g/mol. The summed E-state index contributed by atoms with van der Waals surface area (Å²) >= 11 is 0. The zero-order valence-electron chi connectivity index (χ0n) is 45.8. The molecule has 1 atom stereocenters. The van der Waals surface area contributed by atoms with E-state index in [9.17, 15) is 14.4 Å². The van der Waals surface area contributed by atoms with Crippen molar-refractivity contribution in [2.24, 2.45) is 0 Å². The van der Waals surface area contributed by atoms with Gasteiger partial charge in [0.05, 0.1) is 0 Å². The predicted molar refractivity (Wildman–Crippen MR) is 302 cm³/mol. The van der Waals surface area contributed by atoms with Crippen molar-refractivity contribution in [2.45, 2.75) is 277 Å². The van der Waals surface area contributed by atoms with Crippen LogP contribution in [0.4, 0.5) is 0 Å². The van der Waals surface area contributed by atoms with Crippen molar-refractivity contribution in [1.29, 1.82) is 0 Å². The Morgan fingerprint density at radius 3 is 0.943 bits per heavy atom. The van der Waals surface area contributed by atoms with E-state index in [0.29, 0.717) is 19.3 Å². The van der Waals surface area contributed by atoms with Crippen LogP contribution in [0.25, 0.3) is 0 Å². The van der Waals surface area contributed by atoms with Crippen LogP contribution in [0.15, 0.2) is 97.2 Å². The molecule has 0 aliphatic carbocycles. The van der Waals surface area contributed by atoms with Crippen LogP contribution in [0.2, 0.25) is 0 Å². The van der Waals surface area contributed by atoms with Gasteiger partial charge in [0.2, 0.25) is 0 Å². The van der Waals surface area contributed by atoms with Gasteiger partial charge in [-0.1, -0.05) is 234 Å². The molecule has 0 amide bonds. The smallest absolute Gasteiger partial charge is 0.306 e. The molecule has 400 valence electrons. The minimum absolute atomic E-state index is 0.0965. The summed E-state index contributed by atoms with van der Waals surface area (Å²) in [5, 5.41) is 0.